The second kappa shape index (κ2) is 7.74. The van der Waals surface area contributed by atoms with E-state index in [0.29, 0.717) is 13.2 Å². The fourth-order valence-electron chi connectivity index (χ4n) is 5.21. The molecule has 0 aromatic heterocycles. The first kappa shape index (κ1) is 18.7. The molecular formula is C22H30N2O3. The van der Waals surface area contributed by atoms with Gasteiger partial charge in [0.2, 0.25) is 0 Å². The van der Waals surface area contributed by atoms with Crippen LogP contribution in [0.5, 0.6) is 0 Å². The highest BCUT2D eigenvalue weighted by Gasteiger charge is 2.53. The van der Waals surface area contributed by atoms with Crippen LogP contribution >= 0.6 is 0 Å². The van der Waals surface area contributed by atoms with Crippen molar-refractivity contribution in [2.45, 2.75) is 43.7 Å². The summed E-state index contributed by atoms with van der Waals surface area (Å²) in [6, 6.07) is 8.66. The van der Waals surface area contributed by atoms with Crippen LogP contribution in [0.25, 0.3) is 0 Å². The molecule has 1 aliphatic carbocycles. The molecule has 5 nitrogen and oxygen atoms in total. The third kappa shape index (κ3) is 3.33. The maximum Gasteiger partial charge on any atom is 0.320 e. The molecule has 1 fully saturated rings. The van der Waals surface area contributed by atoms with Crippen LogP contribution in [0.1, 0.15) is 43.4 Å². The summed E-state index contributed by atoms with van der Waals surface area (Å²) < 4.78 is 5.09. The number of carbonyl (C=O) groups is 1. The number of benzene rings is 1. The number of nitrogens with zero attached hydrogens (tertiary/aromatic N) is 2. The Bertz CT molecular complexity index is 709. The van der Waals surface area contributed by atoms with Crippen LogP contribution in [0, 0.1) is 0 Å². The Morgan fingerprint density at radius 1 is 1.22 bits per heavy atom. The first-order chi connectivity index (χ1) is 13.2. The van der Waals surface area contributed by atoms with Crippen LogP contribution in [0.4, 0.5) is 0 Å². The molecule has 1 spiro atoms. The molecule has 5 heteroatoms. The van der Waals surface area contributed by atoms with E-state index >= 15 is 0 Å². The van der Waals surface area contributed by atoms with Gasteiger partial charge in [-0.05, 0) is 50.4 Å². The fraction of sp³-hybridized carbons (Fsp3) is 0.591. The SMILES string of the molecule is CCOC(=O)CN1CCC2(CC1)c1ccccc1[C@@H](N1CC=CCC1)[C@@H]2O. The lowest BCUT2D eigenvalue weighted by Gasteiger charge is -2.43. The molecule has 27 heavy (non-hydrogen) atoms. The number of carbonyl (C=O) groups excluding carboxylic acids is 1. The van der Waals surface area contributed by atoms with Crippen molar-refractivity contribution in [3.8, 4) is 0 Å². The molecule has 1 aromatic rings. The van der Waals surface area contributed by atoms with Gasteiger partial charge in [-0.25, -0.2) is 0 Å². The number of hydrogen-bond acceptors (Lipinski definition) is 5. The summed E-state index contributed by atoms with van der Waals surface area (Å²) >= 11 is 0. The van der Waals surface area contributed by atoms with E-state index in [4.69, 9.17) is 4.74 Å². The Morgan fingerprint density at radius 3 is 2.70 bits per heavy atom. The molecule has 0 unspecified atom stereocenters. The van der Waals surface area contributed by atoms with E-state index in [1.54, 1.807) is 0 Å². The predicted octanol–water partition coefficient (Wildman–Crippen LogP) is 2.26. The Balaban J connectivity index is 1.55. The summed E-state index contributed by atoms with van der Waals surface area (Å²) in [5, 5.41) is 11.5. The number of hydrogen-bond donors (Lipinski definition) is 1. The first-order valence-electron chi connectivity index (χ1n) is 10.2. The van der Waals surface area contributed by atoms with Crippen molar-refractivity contribution >= 4 is 5.97 Å². The second-order valence-electron chi connectivity index (χ2n) is 7.97. The zero-order valence-electron chi connectivity index (χ0n) is 16.1. The monoisotopic (exact) mass is 370 g/mol. The van der Waals surface area contributed by atoms with Crippen molar-refractivity contribution in [3.05, 3.63) is 47.5 Å². The summed E-state index contributed by atoms with van der Waals surface area (Å²) in [4.78, 5) is 16.4. The van der Waals surface area contributed by atoms with E-state index in [1.807, 2.05) is 6.92 Å². The lowest BCUT2D eigenvalue weighted by atomic mass is 9.72. The highest BCUT2D eigenvalue weighted by molar-refractivity contribution is 5.71. The molecule has 1 aromatic carbocycles. The molecule has 3 aliphatic rings. The maximum absolute atomic E-state index is 11.8. The fourth-order valence-corrected chi connectivity index (χ4v) is 5.21. The number of ether oxygens (including phenoxy) is 1. The van der Waals surface area contributed by atoms with Crippen molar-refractivity contribution in [1.82, 2.24) is 9.80 Å². The highest BCUT2D eigenvalue weighted by atomic mass is 16.5. The van der Waals surface area contributed by atoms with Gasteiger partial charge in [0.25, 0.3) is 0 Å². The van der Waals surface area contributed by atoms with E-state index in [2.05, 4.69) is 46.2 Å². The van der Waals surface area contributed by atoms with Gasteiger partial charge in [0.05, 0.1) is 25.3 Å². The molecule has 2 atom stereocenters. The number of piperidine rings is 1. The highest BCUT2D eigenvalue weighted by Crippen LogP contribution is 2.52. The number of likely N-dealkylation sites (tertiary alicyclic amines) is 1. The summed E-state index contributed by atoms with van der Waals surface area (Å²) in [5.74, 6) is -0.154. The number of fused-ring (bicyclic) bond motifs is 2. The van der Waals surface area contributed by atoms with Crippen LogP contribution in [-0.4, -0.2) is 66.3 Å². The van der Waals surface area contributed by atoms with Gasteiger partial charge in [-0.15, -0.1) is 0 Å². The lowest BCUT2D eigenvalue weighted by Crippen LogP contribution is -2.51. The van der Waals surface area contributed by atoms with E-state index in [0.717, 1.165) is 45.4 Å². The van der Waals surface area contributed by atoms with Gasteiger partial charge in [-0.3, -0.25) is 14.6 Å². The molecule has 0 amide bonds. The Morgan fingerprint density at radius 2 is 2.00 bits per heavy atom. The molecule has 146 valence electrons. The van der Waals surface area contributed by atoms with Gasteiger partial charge in [-0.2, -0.15) is 0 Å². The van der Waals surface area contributed by atoms with Gasteiger partial charge < -0.3 is 9.84 Å². The Labute approximate surface area is 161 Å². The Hall–Kier alpha value is -1.69. The Kier molecular flexibility index (Phi) is 5.35. The van der Waals surface area contributed by atoms with Gasteiger partial charge in [0, 0.05) is 18.5 Å². The van der Waals surface area contributed by atoms with Crippen molar-refractivity contribution in [3.63, 3.8) is 0 Å². The van der Waals surface area contributed by atoms with Crippen LogP contribution in [-0.2, 0) is 14.9 Å². The van der Waals surface area contributed by atoms with Gasteiger partial charge >= 0.3 is 5.97 Å². The molecule has 1 N–H and O–H groups in total. The van der Waals surface area contributed by atoms with Gasteiger partial charge in [-0.1, -0.05) is 36.4 Å². The van der Waals surface area contributed by atoms with Crippen molar-refractivity contribution in [2.24, 2.45) is 0 Å². The molecule has 0 radical (unpaired) electrons. The molecular weight excluding hydrogens is 340 g/mol. The molecule has 1 saturated heterocycles. The van der Waals surface area contributed by atoms with Crippen molar-refractivity contribution in [2.75, 3.05) is 39.3 Å². The first-order valence-corrected chi connectivity index (χ1v) is 10.2. The maximum atomic E-state index is 11.8. The molecule has 4 rings (SSSR count). The van der Waals surface area contributed by atoms with Crippen LogP contribution in [0.3, 0.4) is 0 Å². The van der Waals surface area contributed by atoms with E-state index < -0.39 is 6.10 Å². The second-order valence-corrected chi connectivity index (χ2v) is 7.97. The third-order valence-electron chi connectivity index (χ3n) is 6.57. The summed E-state index contributed by atoms with van der Waals surface area (Å²) in [6.07, 6.45) is 6.85. The topological polar surface area (TPSA) is 53.0 Å². The number of rotatable bonds is 4. The normalized spacial score (nSPS) is 27.6. The smallest absolute Gasteiger partial charge is 0.320 e. The minimum absolute atomic E-state index is 0.0720. The lowest BCUT2D eigenvalue weighted by molar-refractivity contribution is -0.145. The molecule has 0 saturated carbocycles. The third-order valence-corrected chi connectivity index (χ3v) is 6.57. The van der Waals surface area contributed by atoms with E-state index in [9.17, 15) is 9.90 Å². The zero-order valence-corrected chi connectivity index (χ0v) is 16.1. The number of esters is 1. The summed E-state index contributed by atoms with van der Waals surface area (Å²) in [7, 11) is 0. The van der Waals surface area contributed by atoms with Gasteiger partial charge in [0.15, 0.2) is 0 Å². The van der Waals surface area contributed by atoms with Crippen molar-refractivity contribution < 1.29 is 14.6 Å². The van der Waals surface area contributed by atoms with E-state index in [-0.39, 0.29) is 17.4 Å². The summed E-state index contributed by atoms with van der Waals surface area (Å²) in [6.45, 7) is 6.15. The standard InChI is InChI=1S/C22H30N2O3/c1-2-27-19(25)16-23-14-10-22(11-15-23)18-9-5-4-8-17(18)20(21(22)26)24-12-6-3-7-13-24/h3-6,8-9,20-21,26H,2,7,10-16H2,1H3/t20-,21+/m1/s1. The van der Waals surface area contributed by atoms with Crippen LogP contribution in [0.15, 0.2) is 36.4 Å². The average Bonchev–Trinajstić information content (AvgIpc) is 2.93. The van der Waals surface area contributed by atoms with Crippen LogP contribution in [0.2, 0.25) is 0 Å². The number of aliphatic hydroxyl groups excluding tert-OH is 1. The average molecular weight is 370 g/mol. The molecule has 2 heterocycles. The zero-order chi connectivity index (χ0) is 18.9. The number of aliphatic hydroxyl groups is 1. The van der Waals surface area contributed by atoms with E-state index in [1.165, 1.54) is 11.1 Å². The predicted molar refractivity (Wildman–Crippen MR) is 105 cm³/mol. The quantitative estimate of drug-likeness (QED) is 0.651. The molecule has 2 aliphatic heterocycles. The van der Waals surface area contributed by atoms with Crippen LogP contribution < -0.4 is 0 Å². The minimum Gasteiger partial charge on any atom is -0.465 e. The van der Waals surface area contributed by atoms with Crippen molar-refractivity contribution in [1.29, 1.82) is 0 Å². The molecule has 0 bridgehead atoms. The van der Waals surface area contributed by atoms with Gasteiger partial charge in [0.1, 0.15) is 0 Å². The summed E-state index contributed by atoms with van der Waals surface area (Å²) in [5.41, 5.74) is 2.40. The largest absolute Gasteiger partial charge is 0.465 e. The minimum atomic E-state index is -0.397.